The Hall–Kier alpha value is -3.66. The van der Waals surface area contributed by atoms with Crippen LogP contribution in [0.2, 0.25) is 0 Å². The molecule has 0 spiro atoms. The fourth-order valence-electron chi connectivity index (χ4n) is 2.97. The number of furan rings is 1. The summed E-state index contributed by atoms with van der Waals surface area (Å²) in [6.45, 7) is -0.105. The van der Waals surface area contributed by atoms with Crippen LogP contribution in [-0.4, -0.2) is 11.0 Å². The lowest BCUT2D eigenvalue weighted by molar-refractivity contribution is -0.137. The van der Waals surface area contributed by atoms with Gasteiger partial charge in [0.05, 0.1) is 11.3 Å². The quantitative estimate of drug-likeness (QED) is 0.318. The third-order valence-corrected chi connectivity index (χ3v) is 4.76. The van der Waals surface area contributed by atoms with Crippen LogP contribution >= 0.6 is 12.2 Å². The van der Waals surface area contributed by atoms with E-state index in [-0.39, 0.29) is 23.2 Å². The van der Waals surface area contributed by atoms with E-state index in [0.29, 0.717) is 17.2 Å². The summed E-state index contributed by atoms with van der Waals surface area (Å²) in [6, 6.07) is 13.0. The normalized spacial score (nSPS) is 15.4. The van der Waals surface area contributed by atoms with Gasteiger partial charge in [-0.25, -0.2) is 4.39 Å². The van der Waals surface area contributed by atoms with Gasteiger partial charge >= 0.3 is 6.18 Å². The molecule has 0 saturated carbocycles. The van der Waals surface area contributed by atoms with Crippen molar-refractivity contribution in [3.8, 4) is 5.75 Å². The van der Waals surface area contributed by atoms with Gasteiger partial charge in [-0.15, -0.1) is 0 Å². The van der Waals surface area contributed by atoms with E-state index in [0.717, 1.165) is 12.1 Å². The van der Waals surface area contributed by atoms with Crippen LogP contribution in [-0.2, 0) is 17.6 Å². The summed E-state index contributed by atoms with van der Waals surface area (Å²) in [5, 5.41) is 2.91. The molecule has 5 nitrogen and oxygen atoms in total. The molecule has 1 N–H and O–H groups in total. The number of amides is 1. The monoisotopic (exact) mass is 462 g/mol. The molecule has 1 saturated heterocycles. The van der Waals surface area contributed by atoms with Gasteiger partial charge in [0.25, 0.3) is 5.91 Å². The highest BCUT2D eigenvalue weighted by Crippen LogP contribution is 2.31. The second kappa shape index (κ2) is 8.46. The zero-order valence-corrected chi connectivity index (χ0v) is 17.0. The molecule has 2 heterocycles. The number of thiocarbonyl (C=S) groups is 1. The minimum Gasteiger partial charge on any atom is -0.486 e. The third-order valence-electron chi connectivity index (χ3n) is 4.47. The van der Waals surface area contributed by atoms with Crippen molar-refractivity contribution in [2.45, 2.75) is 12.8 Å². The molecular formula is C22H14F4N2O3S. The fourth-order valence-corrected chi connectivity index (χ4v) is 3.27. The van der Waals surface area contributed by atoms with E-state index in [1.165, 1.54) is 47.4 Å². The van der Waals surface area contributed by atoms with Crippen molar-refractivity contribution in [3.05, 3.63) is 89.3 Å². The summed E-state index contributed by atoms with van der Waals surface area (Å²) >= 11 is 5.19. The largest absolute Gasteiger partial charge is 0.486 e. The fraction of sp³-hybridized carbons (Fsp3) is 0.0909. The summed E-state index contributed by atoms with van der Waals surface area (Å²) in [7, 11) is 0. The van der Waals surface area contributed by atoms with Crippen LogP contribution in [0.25, 0.3) is 6.08 Å². The molecule has 0 aliphatic carbocycles. The van der Waals surface area contributed by atoms with Crippen molar-refractivity contribution in [2.24, 2.45) is 0 Å². The molecule has 32 heavy (non-hydrogen) atoms. The molecular weight excluding hydrogens is 448 g/mol. The number of carbonyl (C=O) groups excluding carboxylic acids is 1. The molecule has 0 unspecified atom stereocenters. The lowest BCUT2D eigenvalue weighted by Crippen LogP contribution is -2.30. The van der Waals surface area contributed by atoms with Crippen LogP contribution < -0.4 is 15.0 Å². The van der Waals surface area contributed by atoms with Crippen molar-refractivity contribution in [1.82, 2.24) is 5.32 Å². The summed E-state index contributed by atoms with van der Waals surface area (Å²) in [5.74, 6) is -0.181. The SMILES string of the molecule is O=C1/C(=C\c2ccc(COc3cccc(C(F)(F)F)c3)o2)NC(=S)N1c1ccc(F)cc1. The minimum atomic E-state index is -4.47. The van der Waals surface area contributed by atoms with E-state index < -0.39 is 23.5 Å². The van der Waals surface area contributed by atoms with Gasteiger partial charge in [0, 0.05) is 6.08 Å². The lowest BCUT2D eigenvalue weighted by atomic mass is 10.2. The maximum atomic E-state index is 13.1. The van der Waals surface area contributed by atoms with Gasteiger partial charge < -0.3 is 14.5 Å². The highest BCUT2D eigenvalue weighted by Gasteiger charge is 2.32. The van der Waals surface area contributed by atoms with Crippen molar-refractivity contribution < 1.29 is 31.5 Å². The van der Waals surface area contributed by atoms with Gasteiger partial charge in [0.15, 0.2) is 5.11 Å². The molecule has 2 aromatic carbocycles. The summed E-state index contributed by atoms with van der Waals surface area (Å²) in [6.07, 6.45) is -3.03. The Labute approximate surface area is 184 Å². The molecule has 1 aliphatic heterocycles. The predicted octanol–water partition coefficient (Wildman–Crippen LogP) is 5.28. The van der Waals surface area contributed by atoms with E-state index in [1.807, 2.05) is 0 Å². The Kier molecular flexibility index (Phi) is 5.70. The molecule has 0 bridgehead atoms. The molecule has 1 aliphatic rings. The number of nitrogens with zero attached hydrogens (tertiary/aromatic N) is 1. The van der Waals surface area contributed by atoms with Crippen molar-refractivity contribution >= 4 is 35.0 Å². The summed E-state index contributed by atoms with van der Waals surface area (Å²) < 4.78 is 62.5. The number of hydrogen-bond acceptors (Lipinski definition) is 4. The smallest absolute Gasteiger partial charge is 0.416 e. The highest BCUT2D eigenvalue weighted by atomic mass is 32.1. The van der Waals surface area contributed by atoms with E-state index in [2.05, 4.69) is 5.32 Å². The third kappa shape index (κ3) is 4.65. The van der Waals surface area contributed by atoms with E-state index >= 15 is 0 Å². The summed E-state index contributed by atoms with van der Waals surface area (Å²) in [4.78, 5) is 13.9. The molecule has 3 aromatic rings. The Morgan fingerprint density at radius 1 is 1.09 bits per heavy atom. The van der Waals surface area contributed by atoms with Gasteiger partial charge in [-0.3, -0.25) is 9.69 Å². The van der Waals surface area contributed by atoms with E-state index in [9.17, 15) is 22.4 Å². The van der Waals surface area contributed by atoms with Gasteiger partial charge in [-0.05, 0) is 66.8 Å². The number of benzene rings is 2. The van der Waals surface area contributed by atoms with Crippen molar-refractivity contribution in [2.75, 3.05) is 4.90 Å². The first-order chi connectivity index (χ1) is 15.2. The van der Waals surface area contributed by atoms with E-state index in [4.69, 9.17) is 21.4 Å². The average Bonchev–Trinajstić information content (AvgIpc) is 3.31. The first-order valence-electron chi connectivity index (χ1n) is 9.22. The second-order valence-electron chi connectivity index (χ2n) is 6.72. The van der Waals surface area contributed by atoms with Gasteiger partial charge in [0.2, 0.25) is 0 Å². The van der Waals surface area contributed by atoms with Gasteiger partial charge in [-0.2, -0.15) is 13.2 Å². The highest BCUT2D eigenvalue weighted by molar-refractivity contribution is 7.80. The number of hydrogen-bond donors (Lipinski definition) is 1. The first-order valence-corrected chi connectivity index (χ1v) is 9.63. The predicted molar refractivity (Wildman–Crippen MR) is 112 cm³/mol. The number of ether oxygens (including phenoxy) is 1. The zero-order valence-electron chi connectivity index (χ0n) is 16.2. The van der Waals surface area contributed by atoms with Crippen LogP contribution in [0.5, 0.6) is 5.75 Å². The number of alkyl halides is 3. The molecule has 1 amide bonds. The Balaban J connectivity index is 1.44. The van der Waals surface area contributed by atoms with Crippen LogP contribution in [0.15, 0.2) is 70.8 Å². The Bertz CT molecular complexity index is 1200. The number of rotatable bonds is 5. The van der Waals surface area contributed by atoms with Crippen LogP contribution in [0.4, 0.5) is 23.2 Å². The van der Waals surface area contributed by atoms with Gasteiger partial charge in [0.1, 0.15) is 35.4 Å². The minimum absolute atomic E-state index is 0.0454. The maximum Gasteiger partial charge on any atom is 0.416 e. The molecule has 0 atom stereocenters. The Morgan fingerprint density at radius 2 is 1.84 bits per heavy atom. The molecule has 4 rings (SSSR count). The molecule has 1 fully saturated rings. The standard InChI is InChI=1S/C22H14F4N2O3S/c23-14-4-6-15(7-5-14)28-20(29)19(27-21(28)32)11-17-8-9-18(31-17)12-30-16-3-1-2-13(10-16)22(24,25)26/h1-11H,12H2,(H,27,32)/b19-11+. The van der Waals surface area contributed by atoms with Crippen molar-refractivity contribution in [1.29, 1.82) is 0 Å². The maximum absolute atomic E-state index is 13.1. The second-order valence-corrected chi connectivity index (χ2v) is 7.11. The van der Waals surface area contributed by atoms with Crippen molar-refractivity contribution in [3.63, 3.8) is 0 Å². The zero-order chi connectivity index (χ0) is 22.9. The van der Waals surface area contributed by atoms with E-state index in [1.54, 1.807) is 12.1 Å². The van der Waals surface area contributed by atoms with Crippen LogP contribution in [0, 0.1) is 5.82 Å². The lowest BCUT2D eigenvalue weighted by Gasteiger charge is -2.13. The summed E-state index contributed by atoms with van der Waals surface area (Å²) in [5.41, 5.74) is -0.252. The number of anilines is 1. The Morgan fingerprint density at radius 3 is 2.56 bits per heavy atom. The van der Waals surface area contributed by atoms with Crippen LogP contribution in [0.3, 0.4) is 0 Å². The first kappa shape index (κ1) is 21.6. The number of halogens is 4. The average molecular weight is 462 g/mol. The topological polar surface area (TPSA) is 54.7 Å². The van der Waals surface area contributed by atoms with Gasteiger partial charge in [-0.1, -0.05) is 6.07 Å². The molecule has 10 heteroatoms. The molecule has 164 valence electrons. The number of carbonyl (C=O) groups is 1. The molecule has 1 aromatic heterocycles. The molecule has 0 radical (unpaired) electrons. The van der Waals surface area contributed by atoms with Crippen LogP contribution in [0.1, 0.15) is 17.1 Å². The number of nitrogens with one attached hydrogen (secondary N) is 1.